The Morgan fingerprint density at radius 2 is 1.46 bits per heavy atom. The Morgan fingerprint density at radius 1 is 0.795 bits per heavy atom. The van der Waals surface area contributed by atoms with Gasteiger partial charge in [0.15, 0.2) is 11.6 Å². The minimum Gasteiger partial charge on any atom is -0.497 e. The normalized spacial score (nSPS) is 23.4. The number of amides is 2. The number of hydrogen-bond acceptors (Lipinski definition) is 6. The number of methoxy groups -OCH3 is 1. The molecule has 194 valence electrons. The van der Waals surface area contributed by atoms with Gasteiger partial charge in [-0.1, -0.05) is 54.1 Å². The van der Waals surface area contributed by atoms with Crippen LogP contribution in [0.1, 0.15) is 26.3 Å². The largest absolute Gasteiger partial charge is 0.497 e. The highest BCUT2D eigenvalue weighted by atomic mass is 16.5. The molecule has 7 heteroatoms. The molecule has 3 aliphatic heterocycles. The first-order valence-electron chi connectivity index (χ1n) is 12.8. The number of Topliss-reactive ketones (excluding diaryl/α,β-unsaturated/α-hetero) is 2. The third kappa shape index (κ3) is 3.98. The van der Waals surface area contributed by atoms with Crippen molar-refractivity contribution in [3.63, 3.8) is 0 Å². The fourth-order valence-corrected chi connectivity index (χ4v) is 5.83. The van der Waals surface area contributed by atoms with Crippen molar-refractivity contribution in [3.05, 3.63) is 119 Å². The summed E-state index contributed by atoms with van der Waals surface area (Å²) in [6.45, 7) is 1.93. The van der Waals surface area contributed by atoms with E-state index in [1.165, 1.54) is 4.90 Å². The van der Waals surface area contributed by atoms with Gasteiger partial charge in [-0.2, -0.15) is 0 Å². The summed E-state index contributed by atoms with van der Waals surface area (Å²) in [6, 6.07) is 21.3. The van der Waals surface area contributed by atoms with E-state index in [-0.39, 0.29) is 17.5 Å². The highest BCUT2D eigenvalue weighted by Gasteiger charge is 2.63. The zero-order valence-corrected chi connectivity index (χ0v) is 21.5. The molecular weight excluding hydrogens is 492 g/mol. The predicted octanol–water partition coefficient (Wildman–Crippen LogP) is 4.38. The molecule has 3 aliphatic rings. The number of allylic oxidation sites excluding steroid dienone is 2. The Labute approximate surface area is 226 Å². The van der Waals surface area contributed by atoms with Crippen molar-refractivity contribution < 1.29 is 23.9 Å². The van der Waals surface area contributed by atoms with Gasteiger partial charge >= 0.3 is 0 Å². The molecule has 4 atom stereocenters. The molecule has 0 bridgehead atoms. The van der Waals surface area contributed by atoms with E-state index < -0.39 is 29.8 Å². The zero-order valence-electron chi connectivity index (χ0n) is 21.5. The molecule has 0 radical (unpaired) electrons. The van der Waals surface area contributed by atoms with E-state index in [0.717, 1.165) is 5.56 Å². The van der Waals surface area contributed by atoms with E-state index in [0.29, 0.717) is 28.1 Å². The lowest BCUT2D eigenvalue weighted by atomic mass is 9.85. The number of hydrogen-bond donors (Lipinski definition) is 0. The fourth-order valence-electron chi connectivity index (χ4n) is 5.83. The SMILES string of the molecule is COc1ccc(C(=O)[C@@H]2[C@@H]3C(=O)N(c4ccc(C)cc4)C(=O)[C@@H]3[C@@H]3C=C(C(=O)c4ccccc4)C=CN23)cc1. The van der Waals surface area contributed by atoms with Gasteiger partial charge in [0.1, 0.15) is 11.8 Å². The summed E-state index contributed by atoms with van der Waals surface area (Å²) in [5, 5.41) is 0. The number of carbonyl (C=O) groups is 4. The number of rotatable bonds is 6. The lowest BCUT2D eigenvalue weighted by Gasteiger charge is -2.32. The van der Waals surface area contributed by atoms with Crippen LogP contribution >= 0.6 is 0 Å². The molecule has 3 heterocycles. The molecule has 7 nitrogen and oxygen atoms in total. The van der Waals surface area contributed by atoms with Gasteiger partial charge in [0.2, 0.25) is 11.8 Å². The number of anilines is 1. The topological polar surface area (TPSA) is 84.0 Å². The molecule has 2 amide bonds. The van der Waals surface area contributed by atoms with Gasteiger partial charge in [0.25, 0.3) is 0 Å². The maximum absolute atomic E-state index is 13.9. The van der Waals surface area contributed by atoms with E-state index in [1.807, 2.05) is 25.1 Å². The van der Waals surface area contributed by atoms with Crippen molar-refractivity contribution in [2.24, 2.45) is 11.8 Å². The molecule has 0 spiro atoms. The fraction of sp³-hybridized carbons (Fsp3) is 0.188. The molecule has 3 aromatic rings. The molecule has 0 aliphatic carbocycles. The van der Waals surface area contributed by atoms with Crippen molar-refractivity contribution in [1.29, 1.82) is 0 Å². The van der Waals surface area contributed by atoms with Crippen LogP contribution in [0.15, 0.2) is 103 Å². The number of fused-ring (bicyclic) bond motifs is 3. The third-order valence-corrected chi connectivity index (χ3v) is 7.78. The summed E-state index contributed by atoms with van der Waals surface area (Å²) in [5.74, 6) is -2.32. The Balaban J connectivity index is 1.42. The summed E-state index contributed by atoms with van der Waals surface area (Å²) >= 11 is 0. The van der Waals surface area contributed by atoms with Crippen molar-refractivity contribution in [3.8, 4) is 5.75 Å². The number of benzene rings is 3. The second-order valence-electron chi connectivity index (χ2n) is 10.0. The molecule has 39 heavy (non-hydrogen) atoms. The van der Waals surface area contributed by atoms with Gasteiger partial charge in [-0.15, -0.1) is 0 Å². The smallest absolute Gasteiger partial charge is 0.240 e. The summed E-state index contributed by atoms with van der Waals surface area (Å²) in [7, 11) is 1.55. The van der Waals surface area contributed by atoms with E-state index >= 15 is 0 Å². The van der Waals surface area contributed by atoms with E-state index in [9.17, 15) is 19.2 Å². The molecule has 2 fully saturated rings. The molecule has 0 N–H and O–H groups in total. The quantitative estimate of drug-likeness (QED) is 0.356. The summed E-state index contributed by atoms with van der Waals surface area (Å²) < 4.78 is 5.22. The molecule has 2 saturated heterocycles. The lowest BCUT2D eigenvalue weighted by molar-refractivity contribution is -0.123. The van der Waals surface area contributed by atoms with Crippen molar-refractivity contribution in [2.45, 2.75) is 19.0 Å². The first-order valence-corrected chi connectivity index (χ1v) is 12.8. The first kappa shape index (κ1) is 24.6. The zero-order chi connectivity index (χ0) is 27.3. The van der Waals surface area contributed by atoms with Crippen LogP contribution < -0.4 is 9.64 Å². The Bertz CT molecular complexity index is 1540. The number of nitrogens with zero attached hydrogens (tertiary/aromatic N) is 2. The number of ether oxygens (including phenoxy) is 1. The number of aryl methyl sites for hydroxylation is 1. The van der Waals surface area contributed by atoms with E-state index in [1.54, 1.807) is 91.0 Å². The lowest BCUT2D eigenvalue weighted by Crippen LogP contribution is -2.46. The van der Waals surface area contributed by atoms with Crippen LogP contribution in [0.4, 0.5) is 5.69 Å². The molecule has 0 saturated carbocycles. The standard InChI is InChI=1S/C32H26N2O5/c1-19-8-12-23(13-9-19)34-31(37)26-25-18-22(29(35)20-6-4-3-5-7-20)16-17-33(25)28(27(26)32(34)38)30(36)21-10-14-24(39-2)15-11-21/h3-18,25-28H,1-2H3/t25-,26+,27+,28-/m0/s1. The van der Waals surface area contributed by atoms with Crippen LogP contribution in [0.3, 0.4) is 0 Å². The number of ketones is 2. The Kier molecular flexibility index (Phi) is 5.99. The van der Waals surface area contributed by atoms with Crippen LogP contribution in [0.25, 0.3) is 0 Å². The molecule has 3 aromatic carbocycles. The van der Waals surface area contributed by atoms with Crippen LogP contribution in [0.2, 0.25) is 0 Å². The number of carbonyl (C=O) groups excluding carboxylic acids is 4. The van der Waals surface area contributed by atoms with Crippen molar-refractivity contribution in [2.75, 3.05) is 12.0 Å². The second-order valence-corrected chi connectivity index (χ2v) is 10.0. The first-order chi connectivity index (χ1) is 18.9. The van der Waals surface area contributed by atoms with Crippen LogP contribution in [-0.2, 0) is 9.59 Å². The predicted molar refractivity (Wildman–Crippen MR) is 145 cm³/mol. The minimum absolute atomic E-state index is 0.180. The average Bonchev–Trinajstić information content (AvgIpc) is 3.44. The summed E-state index contributed by atoms with van der Waals surface area (Å²) in [6.07, 6.45) is 5.08. The minimum atomic E-state index is -0.902. The highest BCUT2D eigenvalue weighted by Crippen LogP contribution is 2.47. The second kappa shape index (κ2) is 9.51. The van der Waals surface area contributed by atoms with E-state index in [4.69, 9.17) is 4.74 Å². The van der Waals surface area contributed by atoms with Crippen LogP contribution in [-0.4, -0.2) is 47.5 Å². The summed E-state index contributed by atoms with van der Waals surface area (Å²) in [5.41, 5.74) is 2.84. The van der Waals surface area contributed by atoms with Crippen LogP contribution in [0, 0.1) is 18.8 Å². The highest BCUT2D eigenvalue weighted by molar-refractivity contribution is 6.25. The van der Waals surface area contributed by atoms with Gasteiger partial charge in [0.05, 0.1) is 30.7 Å². The van der Waals surface area contributed by atoms with Gasteiger partial charge in [-0.25, -0.2) is 4.90 Å². The third-order valence-electron chi connectivity index (χ3n) is 7.78. The van der Waals surface area contributed by atoms with Gasteiger partial charge in [0, 0.05) is 22.9 Å². The van der Waals surface area contributed by atoms with Gasteiger partial charge in [-0.3, -0.25) is 19.2 Å². The monoisotopic (exact) mass is 518 g/mol. The Hall–Kier alpha value is -4.78. The van der Waals surface area contributed by atoms with Crippen LogP contribution in [0.5, 0.6) is 5.75 Å². The van der Waals surface area contributed by atoms with Crippen molar-refractivity contribution >= 4 is 29.1 Å². The molecule has 0 unspecified atom stereocenters. The summed E-state index contributed by atoms with van der Waals surface area (Å²) in [4.78, 5) is 58.0. The maximum Gasteiger partial charge on any atom is 0.240 e. The van der Waals surface area contributed by atoms with Crippen molar-refractivity contribution in [1.82, 2.24) is 4.90 Å². The molecule has 6 rings (SSSR count). The van der Waals surface area contributed by atoms with Gasteiger partial charge in [-0.05, 0) is 49.4 Å². The maximum atomic E-state index is 13.9. The molecular formula is C32H26N2O5. The Morgan fingerprint density at radius 3 is 2.13 bits per heavy atom. The van der Waals surface area contributed by atoms with Gasteiger partial charge < -0.3 is 9.64 Å². The number of imide groups is 1. The average molecular weight is 519 g/mol. The van der Waals surface area contributed by atoms with E-state index in [2.05, 4.69) is 0 Å². The molecule has 0 aromatic heterocycles.